The summed E-state index contributed by atoms with van der Waals surface area (Å²) in [6.45, 7) is 11.5. The summed E-state index contributed by atoms with van der Waals surface area (Å²) >= 11 is 0. The lowest BCUT2D eigenvalue weighted by Crippen LogP contribution is -2.52. The van der Waals surface area contributed by atoms with Crippen LogP contribution in [0.1, 0.15) is 41.0 Å². The molecule has 176 valence electrons. The second-order valence-electron chi connectivity index (χ2n) is 7.84. The van der Waals surface area contributed by atoms with Gasteiger partial charge in [0.1, 0.15) is 18.0 Å². The van der Waals surface area contributed by atoms with Gasteiger partial charge < -0.3 is 24.4 Å². The van der Waals surface area contributed by atoms with Gasteiger partial charge in [-0.2, -0.15) is 0 Å². The summed E-state index contributed by atoms with van der Waals surface area (Å²) in [7, 11) is -3.87. The first-order chi connectivity index (χ1) is 14.4. The van der Waals surface area contributed by atoms with E-state index in [1.54, 1.807) is 32.9 Å². The van der Waals surface area contributed by atoms with E-state index in [1.807, 2.05) is 6.92 Å². The average Bonchev–Trinajstić information content (AvgIpc) is 2.89. The van der Waals surface area contributed by atoms with Crippen molar-refractivity contribution in [2.75, 3.05) is 6.61 Å². The minimum atomic E-state index is -3.87. The van der Waals surface area contributed by atoms with Gasteiger partial charge in [0.05, 0.1) is 6.61 Å². The van der Waals surface area contributed by atoms with Crippen molar-refractivity contribution in [2.45, 2.75) is 77.5 Å². The molecule has 31 heavy (non-hydrogen) atoms. The Kier molecular flexibility index (Phi) is 8.61. The lowest BCUT2D eigenvalue weighted by Gasteiger charge is -2.36. The van der Waals surface area contributed by atoms with Crippen molar-refractivity contribution in [3.05, 3.63) is 36.8 Å². The van der Waals surface area contributed by atoms with Crippen LogP contribution in [-0.4, -0.2) is 63.9 Å². The largest absolute Gasteiger partial charge is 0.459 e. The molecule has 0 aromatic heterocycles. The molecule has 0 aromatic carbocycles. The highest BCUT2D eigenvalue weighted by atomic mass is 31.2. The summed E-state index contributed by atoms with van der Waals surface area (Å²) in [6, 6.07) is -0.253. The predicted octanol–water partition coefficient (Wildman–Crippen LogP) is 2.99. The molecule has 0 saturated carbocycles. The van der Waals surface area contributed by atoms with E-state index in [2.05, 4.69) is 16.7 Å². The quantitative estimate of drug-likeness (QED) is 0.259. The van der Waals surface area contributed by atoms with E-state index >= 15 is 4.39 Å². The third-order valence-corrected chi connectivity index (χ3v) is 6.55. The van der Waals surface area contributed by atoms with Crippen molar-refractivity contribution >= 4 is 13.5 Å². The SMILES string of the molecule is C=C(C=CC)OP(=O)(NC(C)C)OCC1OC(N2C=CC(CC)=NC2O)C(C)(F)C1O. The van der Waals surface area contributed by atoms with Crippen molar-refractivity contribution in [3.63, 3.8) is 0 Å². The fourth-order valence-electron chi connectivity index (χ4n) is 3.24. The summed E-state index contributed by atoms with van der Waals surface area (Å²) in [6.07, 6.45) is 1.44. The van der Waals surface area contributed by atoms with E-state index in [-0.39, 0.29) is 11.8 Å². The molecule has 11 heteroatoms. The summed E-state index contributed by atoms with van der Waals surface area (Å²) in [5.41, 5.74) is -1.61. The van der Waals surface area contributed by atoms with Crippen LogP contribution in [0.25, 0.3) is 0 Å². The van der Waals surface area contributed by atoms with Crippen LogP contribution in [0, 0.1) is 0 Å². The number of allylic oxidation sites excluding steroid dienone is 3. The molecule has 6 atom stereocenters. The maximum atomic E-state index is 15.4. The van der Waals surface area contributed by atoms with E-state index in [0.29, 0.717) is 12.1 Å². The smallest absolute Gasteiger partial charge is 0.414 e. The van der Waals surface area contributed by atoms with Crippen LogP contribution < -0.4 is 5.09 Å². The van der Waals surface area contributed by atoms with Gasteiger partial charge in [-0.15, -0.1) is 0 Å². The van der Waals surface area contributed by atoms with Crippen LogP contribution in [0.15, 0.2) is 41.8 Å². The van der Waals surface area contributed by atoms with Gasteiger partial charge in [-0.05, 0) is 46.3 Å². The fourth-order valence-corrected chi connectivity index (χ4v) is 4.76. The molecule has 1 fully saturated rings. The molecule has 0 amide bonds. The summed E-state index contributed by atoms with van der Waals surface area (Å²) < 4.78 is 44.9. The second kappa shape index (κ2) is 10.4. The number of aliphatic hydroxyl groups excluding tert-OH is 2. The number of aliphatic imine (C=N–C) groups is 1. The lowest BCUT2D eigenvalue weighted by atomic mass is 9.98. The Morgan fingerprint density at radius 3 is 2.77 bits per heavy atom. The predicted molar refractivity (Wildman–Crippen MR) is 116 cm³/mol. The minimum absolute atomic E-state index is 0.117. The molecule has 0 aromatic rings. The normalized spacial score (nSPS) is 33.1. The number of nitrogens with zero attached hydrogens (tertiary/aromatic N) is 2. The van der Waals surface area contributed by atoms with Gasteiger partial charge in [-0.1, -0.05) is 19.6 Å². The summed E-state index contributed by atoms with van der Waals surface area (Å²) in [4.78, 5) is 5.25. The highest BCUT2D eigenvalue weighted by Gasteiger charge is 2.57. The van der Waals surface area contributed by atoms with Gasteiger partial charge in [0.15, 0.2) is 11.9 Å². The van der Waals surface area contributed by atoms with Crippen molar-refractivity contribution < 1.29 is 33.0 Å². The second-order valence-corrected chi connectivity index (χ2v) is 9.53. The first-order valence-electron chi connectivity index (χ1n) is 10.2. The molecule has 0 aliphatic carbocycles. The third-order valence-electron chi connectivity index (χ3n) is 4.75. The molecule has 2 heterocycles. The Balaban J connectivity index is 2.12. The van der Waals surface area contributed by atoms with Crippen LogP contribution in [0.5, 0.6) is 0 Å². The first-order valence-corrected chi connectivity index (χ1v) is 11.7. The molecular weight excluding hydrogens is 428 g/mol. The van der Waals surface area contributed by atoms with Crippen molar-refractivity contribution in [1.82, 2.24) is 9.99 Å². The zero-order chi connectivity index (χ0) is 23.4. The molecular formula is C20H33FN3O6P. The Morgan fingerprint density at radius 1 is 1.55 bits per heavy atom. The number of nitrogens with one attached hydrogen (secondary N) is 1. The van der Waals surface area contributed by atoms with Gasteiger partial charge in [-0.25, -0.2) is 19.0 Å². The maximum Gasteiger partial charge on any atom is 0.459 e. The standard InChI is InChI=1S/C20H33FN3O6P/c1-7-9-14(5)30-31(27,23-13(3)4)28-12-16-17(25)20(6,21)18(29-16)24-11-10-15(8-2)22-19(24)26/h7,9-11,13,16-19,25-26H,5,8,12H2,1-4,6H3,(H,23,27). The summed E-state index contributed by atoms with van der Waals surface area (Å²) in [5, 5.41) is 23.5. The molecule has 2 rings (SSSR count). The number of hydrogen-bond acceptors (Lipinski definition) is 8. The van der Waals surface area contributed by atoms with Gasteiger partial charge in [0, 0.05) is 18.0 Å². The van der Waals surface area contributed by atoms with Crippen molar-refractivity contribution in [3.8, 4) is 0 Å². The van der Waals surface area contributed by atoms with Crippen LogP contribution in [-0.2, 0) is 18.3 Å². The summed E-state index contributed by atoms with van der Waals surface area (Å²) in [5.74, 6) is 0.117. The highest BCUT2D eigenvalue weighted by Crippen LogP contribution is 2.48. The Bertz CT molecular complexity index is 785. The number of aliphatic hydroxyl groups is 2. The lowest BCUT2D eigenvalue weighted by molar-refractivity contribution is -0.137. The molecule has 0 radical (unpaired) electrons. The zero-order valence-corrected chi connectivity index (χ0v) is 19.5. The molecule has 3 N–H and O–H groups in total. The first kappa shape index (κ1) is 25.7. The van der Waals surface area contributed by atoms with Crippen LogP contribution in [0.4, 0.5) is 4.39 Å². The molecule has 0 spiro atoms. The van der Waals surface area contributed by atoms with E-state index in [4.69, 9.17) is 13.8 Å². The Labute approximate surface area is 182 Å². The highest BCUT2D eigenvalue weighted by molar-refractivity contribution is 7.51. The molecule has 6 unspecified atom stereocenters. The van der Waals surface area contributed by atoms with Crippen LogP contribution in [0.3, 0.4) is 0 Å². The van der Waals surface area contributed by atoms with E-state index < -0.39 is 44.8 Å². The average molecular weight is 461 g/mol. The topological polar surface area (TPSA) is 113 Å². The van der Waals surface area contributed by atoms with Gasteiger partial charge in [0.2, 0.25) is 6.35 Å². The molecule has 2 aliphatic rings. The fraction of sp³-hybridized carbons (Fsp3) is 0.650. The molecule has 2 aliphatic heterocycles. The van der Waals surface area contributed by atoms with Crippen LogP contribution in [0.2, 0.25) is 0 Å². The minimum Gasteiger partial charge on any atom is -0.414 e. The monoisotopic (exact) mass is 461 g/mol. The molecule has 1 saturated heterocycles. The van der Waals surface area contributed by atoms with Crippen molar-refractivity contribution in [2.24, 2.45) is 4.99 Å². The zero-order valence-electron chi connectivity index (χ0n) is 18.6. The third kappa shape index (κ3) is 6.25. The van der Waals surface area contributed by atoms with Gasteiger partial charge >= 0.3 is 7.75 Å². The van der Waals surface area contributed by atoms with E-state index in [9.17, 15) is 14.8 Å². The molecule has 9 nitrogen and oxygen atoms in total. The number of ether oxygens (including phenoxy) is 1. The Morgan fingerprint density at radius 2 is 2.23 bits per heavy atom. The van der Waals surface area contributed by atoms with Gasteiger partial charge in [-0.3, -0.25) is 4.52 Å². The number of hydrogen-bond donors (Lipinski definition) is 3. The number of alkyl halides is 1. The maximum absolute atomic E-state index is 15.4. The van der Waals surface area contributed by atoms with Crippen LogP contribution >= 0.6 is 7.75 Å². The van der Waals surface area contributed by atoms with Crippen molar-refractivity contribution in [1.29, 1.82) is 0 Å². The van der Waals surface area contributed by atoms with Gasteiger partial charge in [0.25, 0.3) is 0 Å². The Hall–Kier alpha value is -1.55. The van der Waals surface area contributed by atoms with E-state index in [0.717, 1.165) is 6.92 Å². The molecule has 0 bridgehead atoms. The van der Waals surface area contributed by atoms with E-state index in [1.165, 1.54) is 17.2 Å². The number of halogens is 1. The number of rotatable bonds is 10.